The molecule has 1 unspecified atom stereocenters. The van der Waals surface area contributed by atoms with E-state index in [4.69, 9.17) is 5.11 Å². The molecule has 0 bridgehead atoms. The molecule has 0 fully saturated rings. The van der Waals surface area contributed by atoms with Crippen molar-refractivity contribution >= 4 is 18.5 Å². The Bertz CT molecular complexity index is 293. The van der Waals surface area contributed by atoms with Gasteiger partial charge in [-0.05, 0) is 34.1 Å². The normalized spacial score (nSPS) is 15.5. The molecule has 0 heterocycles. The van der Waals surface area contributed by atoms with Gasteiger partial charge in [0.05, 0.1) is 0 Å². The van der Waals surface area contributed by atoms with Crippen molar-refractivity contribution < 1.29 is 5.11 Å². The summed E-state index contributed by atoms with van der Waals surface area (Å²) in [5, 5.41) is 15.5. The molecule has 0 spiro atoms. The molecule has 5 heteroatoms. The van der Waals surface area contributed by atoms with Crippen LogP contribution in [0.5, 0.6) is 0 Å². The molecule has 0 rings (SSSR count). The van der Waals surface area contributed by atoms with Gasteiger partial charge < -0.3 is 15.7 Å². The van der Waals surface area contributed by atoms with Crippen molar-refractivity contribution in [1.82, 2.24) is 10.6 Å². The maximum absolute atomic E-state index is 8.78. The van der Waals surface area contributed by atoms with Crippen molar-refractivity contribution in [3.05, 3.63) is 11.8 Å². The van der Waals surface area contributed by atoms with Crippen LogP contribution >= 0.6 is 12.6 Å². The topological polar surface area (TPSA) is 56.7 Å². The van der Waals surface area contributed by atoms with E-state index in [9.17, 15) is 0 Å². The molecule has 0 radical (unpaired) electrons. The van der Waals surface area contributed by atoms with E-state index in [0.29, 0.717) is 0 Å². The Morgan fingerprint density at radius 3 is 2.44 bits per heavy atom. The number of hydrogen-bond donors (Lipinski definition) is 4. The Kier molecular flexibility index (Phi) is 8.11. The Morgan fingerprint density at radius 2 is 2.06 bits per heavy atom. The number of hydrogen-bond acceptors (Lipinski definition) is 4. The summed E-state index contributed by atoms with van der Waals surface area (Å²) >= 11 is 4.44. The van der Waals surface area contributed by atoms with Crippen molar-refractivity contribution in [3.63, 3.8) is 0 Å². The van der Waals surface area contributed by atoms with Crippen LogP contribution in [0.25, 0.3) is 0 Å². The molecule has 0 saturated heterocycles. The third-order valence-electron chi connectivity index (χ3n) is 2.15. The lowest BCUT2D eigenvalue weighted by molar-refractivity contribution is 0.287. The van der Waals surface area contributed by atoms with Crippen molar-refractivity contribution in [1.29, 1.82) is 0 Å². The first-order valence-electron chi connectivity index (χ1n) is 6.29. The minimum atomic E-state index is -0.0264. The zero-order chi connectivity index (χ0) is 14.2. The summed E-state index contributed by atoms with van der Waals surface area (Å²) in [5.74, 6) is 0.829. The van der Waals surface area contributed by atoms with Crippen LogP contribution in [0.15, 0.2) is 16.8 Å². The molecule has 0 aliphatic carbocycles. The smallest absolute Gasteiger partial charge is 0.122 e. The molecule has 0 saturated carbocycles. The Balaban J connectivity index is 4.70. The van der Waals surface area contributed by atoms with Gasteiger partial charge in [-0.15, -0.1) is 0 Å². The van der Waals surface area contributed by atoms with Gasteiger partial charge in [0, 0.05) is 42.8 Å². The van der Waals surface area contributed by atoms with Gasteiger partial charge in [-0.25, -0.2) is 0 Å². The summed E-state index contributed by atoms with van der Waals surface area (Å²) in [6.45, 7) is 9.21. The number of aliphatic hydroxyl groups is 1. The van der Waals surface area contributed by atoms with E-state index in [2.05, 4.69) is 49.0 Å². The lowest BCUT2D eigenvalue weighted by atomic mass is 10.1. The Labute approximate surface area is 116 Å². The second-order valence-corrected chi connectivity index (χ2v) is 6.04. The molecule has 1 atom stereocenters. The highest BCUT2D eigenvalue weighted by Gasteiger charge is 2.12. The molecule has 0 aromatic heterocycles. The fraction of sp³-hybridized carbons (Fsp3) is 0.769. The molecule has 4 nitrogen and oxygen atoms in total. The first-order chi connectivity index (χ1) is 8.30. The van der Waals surface area contributed by atoms with Gasteiger partial charge in [-0.3, -0.25) is 4.99 Å². The lowest BCUT2D eigenvalue weighted by Gasteiger charge is -2.23. The summed E-state index contributed by atoms with van der Waals surface area (Å²) in [5.41, 5.74) is 0.977. The summed E-state index contributed by atoms with van der Waals surface area (Å²) in [7, 11) is 1.76. The maximum atomic E-state index is 8.78. The Hall–Kier alpha value is -0.680. The van der Waals surface area contributed by atoms with Crippen molar-refractivity contribution in [2.24, 2.45) is 4.99 Å². The number of rotatable bonds is 6. The molecule has 3 N–H and O–H groups in total. The standard InChI is InChI=1S/C13H27N3OS/c1-10(18)11(15-7-6-8-17)9-12(14-5)16-13(2,3)4/h9-10,15,17-18H,6-8H2,1-5H3,(H,14,16)/b11-9+. The van der Waals surface area contributed by atoms with Gasteiger partial charge in [0.15, 0.2) is 0 Å². The van der Waals surface area contributed by atoms with E-state index < -0.39 is 0 Å². The van der Waals surface area contributed by atoms with Crippen LogP contribution in [0.4, 0.5) is 0 Å². The van der Waals surface area contributed by atoms with Crippen LogP contribution < -0.4 is 10.6 Å². The van der Waals surface area contributed by atoms with E-state index in [-0.39, 0.29) is 17.4 Å². The van der Waals surface area contributed by atoms with Gasteiger partial charge in [0.25, 0.3) is 0 Å². The molecular formula is C13H27N3OS. The van der Waals surface area contributed by atoms with Gasteiger partial charge in [0.2, 0.25) is 0 Å². The van der Waals surface area contributed by atoms with E-state index in [1.165, 1.54) is 0 Å². The fourth-order valence-corrected chi connectivity index (χ4v) is 1.48. The highest BCUT2D eigenvalue weighted by Crippen LogP contribution is 2.07. The van der Waals surface area contributed by atoms with E-state index in [1.807, 2.05) is 13.0 Å². The number of amidine groups is 1. The summed E-state index contributed by atoms with van der Waals surface area (Å²) in [4.78, 5) is 4.23. The molecule has 0 aromatic carbocycles. The highest BCUT2D eigenvalue weighted by atomic mass is 32.1. The van der Waals surface area contributed by atoms with E-state index in [1.54, 1.807) is 7.05 Å². The van der Waals surface area contributed by atoms with Crippen LogP contribution in [0.2, 0.25) is 0 Å². The third-order valence-corrected chi connectivity index (χ3v) is 2.43. The second-order valence-electron chi connectivity index (χ2n) is 5.26. The predicted octanol–water partition coefficient (Wildman–Crippen LogP) is 1.58. The summed E-state index contributed by atoms with van der Waals surface area (Å²) in [6.07, 6.45) is 2.70. The fourth-order valence-electron chi connectivity index (χ4n) is 1.32. The van der Waals surface area contributed by atoms with Crippen molar-refractivity contribution in [3.8, 4) is 0 Å². The zero-order valence-electron chi connectivity index (χ0n) is 12.1. The highest BCUT2D eigenvalue weighted by molar-refractivity contribution is 7.81. The van der Waals surface area contributed by atoms with Gasteiger partial charge in [0.1, 0.15) is 5.84 Å². The predicted molar refractivity (Wildman–Crippen MR) is 82.5 cm³/mol. The molecule has 0 aliphatic rings. The summed E-state index contributed by atoms with van der Waals surface area (Å²) in [6, 6.07) is 0. The number of thiol groups is 1. The average Bonchev–Trinajstić information content (AvgIpc) is 2.24. The number of aliphatic hydroxyl groups excluding tert-OH is 1. The largest absolute Gasteiger partial charge is 0.396 e. The maximum Gasteiger partial charge on any atom is 0.122 e. The minimum absolute atomic E-state index is 0.0264. The van der Waals surface area contributed by atoms with E-state index in [0.717, 1.165) is 24.5 Å². The van der Waals surface area contributed by atoms with Gasteiger partial charge >= 0.3 is 0 Å². The molecule has 106 valence electrons. The monoisotopic (exact) mass is 273 g/mol. The van der Waals surface area contributed by atoms with Gasteiger partial charge in [-0.2, -0.15) is 12.6 Å². The molecule has 18 heavy (non-hydrogen) atoms. The van der Waals surface area contributed by atoms with Crippen molar-refractivity contribution in [2.45, 2.75) is 44.9 Å². The van der Waals surface area contributed by atoms with E-state index >= 15 is 0 Å². The van der Waals surface area contributed by atoms with Crippen LogP contribution in [-0.2, 0) is 0 Å². The second kappa shape index (κ2) is 8.43. The van der Waals surface area contributed by atoms with Gasteiger partial charge in [-0.1, -0.05) is 0 Å². The van der Waals surface area contributed by atoms with Crippen LogP contribution in [0.3, 0.4) is 0 Å². The van der Waals surface area contributed by atoms with Crippen LogP contribution in [-0.4, -0.2) is 41.9 Å². The lowest BCUT2D eigenvalue weighted by Crippen LogP contribution is -2.40. The SMILES string of the molecule is CN=C(/C=C(/NCCCO)C(C)S)NC(C)(C)C. The molecular weight excluding hydrogens is 246 g/mol. The molecule has 0 amide bonds. The summed E-state index contributed by atoms with van der Waals surface area (Å²) < 4.78 is 0. The Morgan fingerprint density at radius 1 is 1.44 bits per heavy atom. The average molecular weight is 273 g/mol. The number of nitrogens with zero attached hydrogens (tertiary/aromatic N) is 1. The quantitative estimate of drug-likeness (QED) is 0.257. The first kappa shape index (κ1) is 17.3. The van der Waals surface area contributed by atoms with Crippen LogP contribution in [0, 0.1) is 0 Å². The number of nitrogens with one attached hydrogen (secondary N) is 2. The van der Waals surface area contributed by atoms with Crippen LogP contribution in [0.1, 0.15) is 34.1 Å². The molecule has 0 aromatic rings. The first-order valence-corrected chi connectivity index (χ1v) is 6.81. The third kappa shape index (κ3) is 8.42. The minimum Gasteiger partial charge on any atom is -0.396 e. The molecule has 0 aliphatic heterocycles. The van der Waals surface area contributed by atoms with Crippen molar-refractivity contribution in [2.75, 3.05) is 20.2 Å². The zero-order valence-corrected chi connectivity index (χ0v) is 13.0. The number of aliphatic imine (C=N–C) groups is 1.